The first-order valence-electron chi connectivity index (χ1n) is 13.8. The van der Waals surface area contributed by atoms with E-state index >= 15 is 0 Å². The van der Waals surface area contributed by atoms with E-state index in [0.717, 1.165) is 36.4 Å². The summed E-state index contributed by atoms with van der Waals surface area (Å²) in [5, 5.41) is 2.27. The van der Waals surface area contributed by atoms with Crippen molar-refractivity contribution >= 4 is 34.7 Å². The van der Waals surface area contributed by atoms with Crippen molar-refractivity contribution in [2.75, 3.05) is 37.8 Å². The molecule has 2 fully saturated rings. The molecular weight excluding hydrogens is 555 g/mol. The van der Waals surface area contributed by atoms with Crippen molar-refractivity contribution in [3.05, 3.63) is 65.3 Å². The van der Waals surface area contributed by atoms with Crippen LogP contribution in [0.5, 0.6) is 0 Å². The molecule has 12 heteroatoms. The maximum absolute atomic E-state index is 13.7. The number of amides is 1. The molecule has 2 saturated heterocycles. The molecule has 4 aliphatic rings. The summed E-state index contributed by atoms with van der Waals surface area (Å²) < 4.78 is 47.6. The second kappa shape index (κ2) is 10.0. The Morgan fingerprint density at radius 2 is 1.88 bits per heavy atom. The zero-order chi connectivity index (χ0) is 29.2. The van der Waals surface area contributed by atoms with E-state index < -0.39 is 23.3 Å². The Morgan fingerprint density at radius 1 is 1.12 bits per heavy atom. The van der Waals surface area contributed by atoms with E-state index in [0.29, 0.717) is 54.2 Å². The number of carbonyl (C=O) groups is 2. The summed E-state index contributed by atoms with van der Waals surface area (Å²) in [6.07, 6.45) is 4.56. The van der Waals surface area contributed by atoms with Crippen molar-refractivity contribution in [1.82, 2.24) is 19.5 Å². The number of quaternary nitrogens is 1. The minimum atomic E-state index is -4.41. The lowest BCUT2D eigenvalue weighted by Gasteiger charge is -2.43. The van der Waals surface area contributed by atoms with Crippen LogP contribution in [0.4, 0.5) is 13.2 Å². The molecule has 218 valence electrons. The third kappa shape index (κ3) is 4.99. The molecular formula is C29H33F3N5O3S+. The quantitative estimate of drug-likeness (QED) is 0.369. The van der Waals surface area contributed by atoms with Gasteiger partial charge in [-0.15, -0.1) is 16.8 Å². The van der Waals surface area contributed by atoms with Gasteiger partial charge in [0.15, 0.2) is 5.70 Å². The number of aromatic nitrogens is 2. The Hall–Kier alpha value is -3.09. The summed E-state index contributed by atoms with van der Waals surface area (Å²) in [5.74, 6) is 0.876. The smallest absolute Gasteiger partial charge is 0.416 e. The largest absolute Gasteiger partial charge is 0.456 e. The molecule has 1 aromatic heterocycles. The second-order valence-electron chi connectivity index (χ2n) is 11.9. The predicted molar refractivity (Wildman–Crippen MR) is 149 cm³/mol. The number of nitrogens with zero attached hydrogens (tertiary/aromatic N) is 5. The molecule has 4 aliphatic heterocycles. The van der Waals surface area contributed by atoms with Crippen LogP contribution in [0.3, 0.4) is 0 Å². The number of ether oxygens (including phenoxy) is 1. The third-order valence-corrected chi connectivity index (χ3v) is 9.07. The lowest BCUT2D eigenvalue weighted by atomic mass is 10.0. The van der Waals surface area contributed by atoms with Gasteiger partial charge in [0.2, 0.25) is 0 Å². The molecule has 1 atom stereocenters. The average Bonchev–Trinajstić information content (AvgIpc) is 3.69. The number of imidazole rings is 1. The van der Waals surface area contributed by atoms with Crippen LogP contribution in [0, 0.1) is 0 Å². The molecule has 0 bridgehead atoms. The van der Waals surface area contributed by atoms with E-state index in [1.165, 1.54) is 6.07 Å². The fourth-order valence-corrected chi connectivity index (χ4v) is 7.15. The van der Waals surface area contributed by atoms with E-state index in [9.17, 15) is 22.8 Å². The number of thioether (sulfide) groups is 1. The Balaban J connectivity index is 1.25. The zero-order valence-corrected chi connectivity index (χ0v) is 24.1. The van der Waals surface area contributed by atoms with Crippen LogP contribution in [-0.2, 0) is 20.5 Å². The van der Waals surface area contributed by atoms with Crippen LogP contribution in [0.15, 0.2) is 59.7 Å². The molecule has 0 saturated carbocycles. The number of carbonyl (C=O) groups excluding carboxylic acids is 2. The first kappa shape index (κ1) is 28.0. The Bertz CT molecular complexity index is 1490. The summed E-state index contributed by atoms with van der Waals surface area (Å²) >= 11 is 1.70. The van der Waals surface area contributed by atoms with Gasteiger partial charge in [-0.3, -0.25) is 4.79 Å². The van der Waals surface area contributed by atoms with Crippen LogP contribution in [0.25, 0.3) is 11.0 Å². The fraction of sp³-hybridized carbons (Fsp3) is 0.483. The van der Waals surface area contributed by atoms with Gasteiger partial charge in [-0.2, -0.15) is 17.8 Å². The van der Waals surface area contributed by atoms with E-state index in [1.54, 1.807) is 23.0 Å². The highest BCUT2D eigenvalue weighted by Crippen LogP contribution is 2.45. The SMILES string of the molecule is CC(C)(C)OC(=O)C1=C(C(=O)N2CCSC2)C[N@+]2(N3CCC(n4cnc5cc(C(F)(F)F)ccc54)CC3)C=CC=C12. The number of alkyl halides is 3. The first-order chi connectivity index (χ1) is 19.4. The van der Waals surface area contributed by atoms with E-state index in [2.05, 4.69) is 9.99 Å². The van der Waals surface area contributed by atoms with Crippen LogP contribution in [0.2, 0.25) is 0 Å². The first-order valence-corrected chi connectivity index (χ1v) is 14.9. The van der Waals surface area contributed by atoms with Gasteiger partial charge in [0.1, 0.15) is 23.9 Å². The minimum Gasteiger partial charge on any atom is -0.456 e. The van der Waals surface area contributed by atoms with Gasteiger partial charge in [0.05, 0.1) is 47.5 Å². The summed E-state index contributed by atoms with van der Waals surface area (Å²) in [6.45, 7) is 7.77. The van der Waals surface area contributed by atoms with Gasteiger partial charge in [0.25, 0.3) is 5.91 Å². The maximum atomic E-state index is 13.7. The number of halogens is 3. The standard InChI is InChI=1S/C29H33F3N5O3S/c1-28(2,3)40-27(39)25-21(26(38)34-12-14-41-18-34)16-37(13-4-5-24(25)37)35-10-8-20(9-11-35)36-17-33-22-15-19(29(30,31)32)6-7-23(22)36/h4-7,13,15,17,20H,8-12,14,16,18H2,1-3H3/q+1/t37-/m1/s1. The van der Waals surface area contributed by atoms with Crippen LogP contribution < -0.4 is 0 Å². The Morgan fingerprint density at radius 3 is 2.54 bits per heavy atom. The van der Waals surface area contributed by atoms with E-state index in [4.69, 9.17) is 4.74 Å². The van der Waals surface area contributed by atoms with Crippen molar-refractivity contribution in [3.8, 4) is 0 Å². The van der Waals surface area contributed by atoms with Gasteiger partial charge in [-0.05, 0) is 57.9 Å². The number of hydrogen-bond donors (Lipinski definition) is 0. The second-order valence-corrected chi connectivity index (χ2v) is 13.0. The fourth-order valence-electron chi connectivity index (χ4n) is 6.20. The molecule has 0 radical (unpaired) electrons. The summed E-state index contributed by atoms with van der Waals surface area (Å²) in [7, 11) is 0. The number of fused-ring (bicyclic) bond motifs is 2. The Kier molecular flexibility index (Phi) is 6.86. The minimum absolute atomic E-state index is 0.0637. The summed E-state index contributed by atoms with van der Waals surface area (Å²) in [4.78, 5) is 33.3. The molecule has 8 nitrogen and oxygen atoms in total. The molecule has 2 aromatic rings. The van der Waals surface area contributed by atoms with E-state index in [1.807, 2.05) is 43.7 Å². The maximum Gasteiger partial charge on any atom is 0.416 e. The molecule has 1 amide bonds. The van der Waals surface area contributed by atoms with E-state index in [-0.39, 0.29) is 16.5 Å². The number of hydrogen-bond acceptors (Lipinski definition) is 6. The Labute approximate surface area is 240 Å². The van der Waals surface area contributed by atoms with Gasteiger partial charge in [-0.1, -0.05) is 0 Å². The lowest BCUT2D eigenvalue weighted by Crippen LogP contribution is -2.56. The number of esters is 1. The zero-order valence-electron chi connectivity index (χ0n) is 23.3. The molecule has 0 N–H and O–H groups in total. The predicted octanol–water partition coefficient (Wildman–Crippen LogP) is 5.02. The molecule has 0 aliphatic carbocycles. The molecule has 6 rings (SSSR count). The van der Waals surface area contributed by atoms with Crippen molar-refractivity contribution in [3.63, 3.8) is 0 Å². The molecule has 0 unspecified atom stereocenters. The normalized spacial score (nSPS) is 24.0. The van der Waals surface area contributed by atoms with Gasteiger partial charge >= 0.3 is 12.1 Å². The average molecular weight is 589 g/mol. The number of benzene rings is 1. The third-order valence-electron chi connectivity index (χ3n) is 8.10. The van der Waals surface area contributed by atoms with Crippen LogP contribution >= 0.6 is 11.8 Å². The van der Waals surface area contributed by atoms with Crippen LogP contribution in [0.1, 0.15) is 45.2 Å². The molecule has 5 heterocycles. The lowest BCUT2D eigenvalue weighted by molar-refractivity contribution is -0.949. The highest BCUT2D eigenvalue weighted by Gasteiger charge is 2.54. The molecule has 41 heavy (non-hydrogen) atoms. The number of piperidine rings is 1. The van der Waals surface area contributed by atoms with Crippen molar-refractivity contribution in [2.45, 2.75) is 51.4 Å². The summed E-state index contributed by atoms with van der Waals surface area (Å²) in [5.41, 5.74) is 1.18. The van der Waals surface area contributed by atoms with Crippen molar-refractivity contribution < 1.29 is 32.1 Å². The monoisotopic (exact) mass is 588 g/mol. The number of rotatable bonds is 4. The summed E-state index contributed by atoms with van der Waals surface area (Å²) in [6, 6.07) is 3.76. The molecule has 1 aromatic carbocycles. The number of allylic oxidation sites excluding steroid dienone is 2. The van der Waals surface area contributed by atoms with Crippen LogP contribution in [-0.4, -0.2) is 79.3 Å². The highest BCUT2D eigenvalue weighted by molar-refractivity contribution is 7.99. The van der Waals surface area contributed by atoms with Crippen molar-refractivity contribution in [2.24, 2.45) is 0 Å². The molecule has 0 spiro atoms. The van der Waals surface area contributed by atoms with Gasteiger partial charge in [0, 0.05) is 24.4 Å². The van der Waals surface area contributed by atoms with Crippen molar-refractivity contribution in [1.29, 1.82) is 0 Å². The van der Waals surface area contributed by atoms with Gasteiger partial charge in [-0.25, -0.2) is 9.78 Å². The van der Waals surface area contributed by atoms with Gasteiger partial charge < -0.3 is 14.2 Å². The topological polar surface area (TPSA) is 67.7 Å². The highest BCUT2D eigenvalue weighted by atomic mass is 32.2.